The van der Waals surface area contributed by atoms with Crippen LogP contribution >= 0.6 is 0 Å². The fourth-order valence-electron chi connectivity index (χ4n) is 4.89. The molecule has 1 heterocycles. The quantitative estimate of drug-likeness (QED) is 0.333. The maximum absolute atomic E-state index is 13.5. The summed E-state index contributed by atoms with van der Waals surface area (Å²) in [6.07, 6.45) is -10.2. The number of alkyl halides is 6. The van der Waals surface area contributed by atoms with E-state index in [0.717, 1.165) is 12.0 Å². The van der Waals surface area contributed by atoms with Gasteiger partial charge in [-0.15, -0.1) is 0 Å². The largest absolute Gasteiger partial charge is 0.493 e. The Kier molecular flexibility index (Phi) is 9.15. The Balaban J connectivity index is 2.20. The van der Waals surface area contributed by atoms with Gasteiger partial charge in [-0.05, 0) is 49.6 Å². The van der Waals surface area contributed by atoms with Crippen LogP contribution in [0.5, 0.6) is 11.5 Å². The lowest BCUT2D eigenvalue weighted by atomic mass is 9.89. The molecule has 0 saturated heterocycles. The van der Waals surface area contributed by atoms with Crippen molar-refractivity contribution in [3.63, 3.8) is 0 Å². The fraction of sp³-hybridized carbons (Fsp3) is 0.481. The van der Waals surface area contributed by atoms with E-state index >= 15 is 0 Å². The second-order valence-corrected chi connectivity index (χ2v) is 9.39. The summed E-state index contributed by atoms with van der Waals surface area (Å²) in [4.78, 5) is 28.7. The SMILES string of the molecule is CCCC(=O)N1c2cc(OC)c(OC)cc2[C@@H](N(Cc2cc(C(F)(F)F)cc(C(F)(F)F)c2)C(=O)OC)C[C@H]1C. The van der Waals surface area contributed by atoms with Gasteiger partial charge in [0.25, 0.3) is 0 Å². The van der Waals surface area contributed by atoms with Gasteiger partial charge in [0.2, 0.25) is 5.91 Å². The molecule has 0 bridgehead atoms. The van der Waals surface area contributed by atoms with Crippen LogP contribution in [0.15, 0.2) is 30.3 Å². The van der Waals surface area contributed by atoms with Gasteiger partial charge in [0.15, 0.2) is 11.5 Å². The zero-order valence-electron chi connectivity index (χ0n) is 22.6. The first-order valence-corrected chi connectivity index (χ1v) is 12.4. The lowest BCUT2D eigenvalue weighted by Crippen LogP contribution is -2.47. The molecule has 2 aromatic carbocycles. The van der Waals surface area contributed by atoms with E-state index in [9.17, 15) is 35.9 Å². The Bertz CT molecular complexity index is 1210. The van der Waals surface area contributed by atoms with Crippen molar-refractivity contribution in [2.45, 2.75) is 64.1 Å². The number of hydrogen-bond acceptors (Lipinski definition) is 5. The number of anilines is 1. The van der Waals surface area contributed by atoms with Crippen LogP contribution in [0.3, 0.4) is 0 Å². The molecule has 0 aromatic heterocycles. The van der Waals surface area contributed by atoms with Crippen molar-refractivity contribution < 1.29 is 50.1 Å². The smallest absolute Gasteiger partial charge is 0.416 e. The number of nitrogens with zero attached hydrogens (tertiary/aromatic N) is 2. The zero-order chi connectivity index (χ0) is 30.0. The summed E-state index contributed by atoms with van der Waals surface area (Å²) >= 11 is 0. The molecule has 2 atom stereocenters. The van der Waals surface area contributed by atoms with E-state index < -0.39 is 53.8 Å². The van der Waals surface area contributed by atoms with E-state index in [0.29, 0.717) is 35.6 Å². The Hall–Kier alpha value is -3.64. The van der Waals surface area contributed by atoms with E-state index in [4.69, 9.17) is 14.2 Å². The minimum Gasteiger partial charge on any atom is -0.493 e. The molecule has 1 aliphatic heterocycles. The van der Waals surface area contributed by atoms with Crippen LogP contribution in [-0.2, 0) is 28.4 Å². The predicted molar refractivity (Wildman–Crippen MR) is 133 cm³/mol. The second kappa shape index (κ2) is 11.8. The van der Waals surface area contributed by atoms with Gasteiger partial charge in [0.1, 0.15) is 0 Å². The average molecular weight is 577 g/mol. The average Bonchev–Trinajstić information content (AvgIpc) is 2.89. The number of ether oxygens (including phenoxy) is 3. The molecule has 0 saturated carbocycles. The van der Waals surface area contributed by atoms with Crippen LogP contribution in [0.25, 0.3) is 0 Å². The number of hydrogen-bond donors (Lipinski definition) is 0. The molecule has 13 heteroatoms. The molecule has 220 valence electrons. The molecule has 0 N–H and O–H groups in total. The molecule has 7 nitrogen and oxygen atoms in total. The lowest BCUT2D eigenvalue weighted by molar-refractivity contribution is -0.143. The third kappa shape index (κ3) is 6.39. The fourth-order valence-corrected chi connectivity index (χ4v) is 4.89. The summed E-state index contributed by atoms with van der Waals surface area (Å²) in [5.74, 6) is 0.354. The molecule has 2 aromatic rings. The van der Waals surface area contributed by atoms with Gasteiger partial charge in [-0.25, -0.2) is 4.79 Å². The first-order chi connectivity index (χ1) is 18.7. The third-order valence-corrected chi connectivity index (χ3v) is 6.67. The molecule has 1 aliphatic rings. The van der Waals surface area contributed by atoms with Crippen molar-refractivity contribution in [3.8, 4) is 11.5 Å². The Morgan fingerprint density at radius 3 is 1.95 bits per heavy atom. The minimum absolute atomic E-state index is 0.0261. The summed E-state index contributed by atoms with van der Waals surface area (Å²) < 4.78 is 96.7. The van der Waals surface area contributed by atoms with Gasteiger partial charge in [-0.3, -0.25) is 9.69 Å². The van der Waals surface area contributed by atoms with Gasteiger partial charge >= 0.3 is 18.4 Å². The zero-order valence-corrected chi connectivity index (χ0v) is 22.6. The second-order valence-electron chi connectivity index (χ2n) is 9.39. The topological polar surface area (TPSA) is 68.3 Å². The van der Waals surface area contributed by atoms with E-state index in [1.54, 1.807) is 24.0 Å². The number of rotatable bonds is 7. The van der Waals surface area contributed by atoms with Crippen molar-refractivity contribution in [2.75, 3.05) is 26.2 Å². The first kappa shape index (κ1) is 30.9. The number of halogens is 6. The normalized spacial score (nSPS) is 17.2. The maximum atomic E-state index is 13.5. The molecule has 0 aliphatic carbocycles. The van der Waals surface area contributed by atoms with E-state index in [-0.39, 0.29) is 30.6 Å². The van der Waals surface area contributed by atoms with Crippen molar-refractivity contribution in [1.82, 2.24) is 4.90 Å². The number of carbonyl (C=O) groups is 2. The molecule has 3 rings (SSSR count). The van der Waals surface area contributed by atoms with E-state index in [2.05, 4.69) is 0 Å². The van der Waals surface area contributed by atoms with Crippen molar-refractivity contribution >= 4 is 17.7 Å². The highest BCUT2D eigenvalue weighted by atomic mass is 19.4. The van der Waals surface area contributed by atoms with Crippen LogP contribution < -0.4 is 14.4 Å². The number of methoxy groups -OCH3 is 3. The molecule has 0 fully saturated rings. The van der Waals surface area contributed by atoms with Crippen LogP contribution in [0.4, 0.5) is 36.8 Å². The van der Waals surface area contributed by atoms with E-state index in [1.165, 1.54) is 14.2 Å². The summed E-state index contributed by atoms with van der Waals surface area (Å²) in [7, 11) is 3.84. The first-order valence-electron chi connectivity index (χ1n) is 12.4. The Labute approximate surface area is 227 Å². The predicted octanol–water partition coefficient (Wildman–Crippen LogP) is 6.98. The summed E-state index contributed by atoms with van der Waals surface area (Å²) in [5.41, 5.74) is -2.61. The summed E-state index contributed by atoms with van der Waals surface area (Å²) in [6, 6.07) is 2.89. The van der Waals surface area contributed by atoms with Gasteiger partial charge in [0, 0.05) is 30.6 Å². The third-order valence-electron chi connectivity index (χ3n) is 6.67. The lowest BCUT2D eigenvalue weighted by Gasteiger charge is -2.43. The van der Waals surface area contributed by atoms with Crippen LogP contribution in [-0.4, -0.2) is 44.3 Å². The van der Waals surface area contributed by atoms with Gasteiger partial charge in [0.05, 0.1) is 44.2 Å². The van der Waals surface area contributed by atoms with Gasteiger partial charge in [-0.1, -0.05) is 6.92 Å². The monoisotopic (exact) mass is 576 g/mol. The van der Waals surface area contributed by atoms with Crippen molar-refractivity contribution in [1.29, 1.82) is 0 Å². The van der Waals surface area contributed by atoms with Gasteiger partial charge in [-0.2, -0.15) is 26.3 Å². The highest BCUT2D eigenvalue weighted by Crippen LogP contribution is 2.47. The standard InChI is InChI=1S/C27H30F6N2O5/c1-6-7-24(36)35-15(2)8-20(19-12-22(38-3)23(39-4)13-21(19)35)34(25(37)40-5)14-16-9-17(26(28,29)30)11-18(10-16)27(31,32)33/h9-13,15,20H,6-8,14H2,1-5H3/t15-,20+/m1/s1. The van der Waals surface area contributed by atoms with Crippen molar-refractivity contribution in [3.05, 3.63) is 52.6 Å². The van der Waals surface area contributed by atoms with Crippen LogP contribution in [0.2, 0.25) is 0 Å². The van der Waals surface area contributed by atoms with E-state index in [1.807, 2.05) is 6.92 Å². The number of benzene rings is 2. The van der Waals surface area contributed by atoms with Crippen molar-refractivity contribution in [2.24, 2.45) is 0 Å². The Morgan fingerprint density at radius 1 is 0.925 bits per heavy atom. The minimum atomic E-state index is -5.05. The van der Waals surface area contributed by atoms with Gasteiger partial charge < -0.3 is 19.1 Å². The molecule has 2 amide bonds. The highest BCUT2D eigenvalue weighted by molar-refractivity contribution is 5.96. The molecule has 40 heavy (non-hydrogen) atoms. The van der Waals surface area contributed by atoms with Crippen LogP contribution in [0.1, 0.15) is 61.4 Å². The maximum Gasteiger partial charge on any atom is 0.416 e. The summed E-state index contributed by atoms with van der Waals surface area (Å²) in [6.45, 7) is 2.95. The molecule has 0 radical (unpaired) electrons. The number of amides is 2. The Morgan fingerprint density at radius 2 is 1.48 bits per heavy atom. The molecular formula is C27H30F6N2O5. The highest BCUT2D eigenvalue weighted by Gasteiger charge is 2.41. The number of carbonyl (C=O) groups excluding carboxylic acids is 2. The molecule has 0 spiro atoms. The molecular weight excluding hydrogens is 546 g/mol. The van der Waals surface area contributed by atoms with Crippen LogP contribution in [0, 0.1) is 0 Å². The molecule has 0 unspecified atom stereocenters. The number of fused-ring (bicyclic) bond motifs is 1. The summed E-state index contributed by atoms with van der Waals surface area (Å²) in [5, 5.41) is 0.